The van der Waals surface area contributed by atoms with Gasteiger partial charge in [-0.1, -0.05) is 27.7 Å². The maximum atomic E-state index is 12.8. The minimum atomic E-state index is -3.58. The molecule has 1 aromatic heterocycles. The second-order valence-corrected chi connectivity index (χ2v) is 8.06. The first kappa shape index (κ1) is 17.9. The van der Waals surface area contributed by atoms with Crippen molar-refractivity contribution in [1.29, 1.82) is 0 Å². The molecule has 0 unspecified atom stereocenters. The van der Waals surface area contributed by atoms with E-state index in [0.717, 1.165) is 12.8 Å². The molecule has 0 saturated carbocycles. The Morgan fingerprint density at radius 3 is 2.10 bits per heavy atom. The summed E-state index contributed by atoms with van der Waals surface area (Å²) in [5.74, 6) is 0.970. The van der Waals surface area contributed by atoms with Crippen molar-refractivity contribution in [3.63, 3.8) is 0 Å². The van der Waals surface area contributed by atoms with Gasteiger partial charge in [-0.15, -0.1) is 0 Å². The summed E-state index contributed by atoms with van der Waals surface area (Å²) < 4.78 is 27.1. The van der Waals surface area contributed by atoms with Gasteiger partial charge in [0, 0.05) is 19.3 Å². The molecule has 0 saturated heterocycles. The standard InChI is InChI=1S/C15H27N3O2S/c1-12(2)7-10-18(11-8-13(3)4)21(19,20)14-6-5-9-17-15(14)16/h5-6,9,12-13H,7-8,10-11H2,1-4H3,(H2,16,17). The topological polar surface area (TPSA) is 76.3 Å². The summed E-state index contributed by atoms with van der Waals surface area (Å²) in [5, 5.41) is 0. The van der Waals surface area contributed by atoms with Gasteiger partial charge >= 0.3 is 0 Å². The van der Waals surface area contributed by atoms with Crippen molar-refractivity contribution in [2.45, 2.75) is 45.4 Å². The van der Waals surface area contributed by atoms with Crippen LogP contribution in [0.1, 0.15) is 40.5 Å². The maximum absolute atomic E-state index is 12.8. The van der Waals surface area contributed by atoms with E-state index >= 15 is 0 Å². The summed E-state index contributed by atoms with van der Waals surface area (Å²) in [6.07, 6.45) is 3.16. The lowest BCUT2D eigenvalue weighted by molar-refractivity contribution is 0.357. The molecule has 0 spiro atoms. The fraction of sp³-hybridized carbons (Fsp3) is 0.667. The van der Waals surface area contributed by atoms with Crippen LogP contribution in [0.15, 0.2) is 23.2 Å². The lowest BCUT2D eigenvalue weighted by Crippen LogP contribution is -2.34. The molecule has 21 heavy (non-hydrogen) atoms. The van der Waals surface area contributed by atoms with Crippen molar-refractivity contribution >= 4 is 15.8 Å². The van der Waals surface area contributed by atoms with Gasteiger partial charge in [-0.25, -0.2) is 13.4 Å². The highest BCUT2D eigenvalue weighted by atomic mass is 32.2. The molecule has 0 aliphatic rings. The summed E-state index contributed by atoms with van der Waals surface area (Å²) in [7, 11) is -3.58. The molecule has 0 fully saturated rings. The molecule has 5 nitrogen and oxygen atoms in total. The predicted molar refractivity (Wildman–Crippen MR) is 86.3 cm³/mol. The van der Waals surface area contributed by atoms with Gasteiger partial charge in [0.25, 0.3) is 0 Å². The van der Waals surface area contributed by atoms with Crippen LogP contribution in [-0.4, -0.2) is 30.8 Å². The van der Waals surface area contributed by atoms with Crippen LogP contribution in [0, 0.1) is 11.8 Å². The summed E-state index contributed by atoms with van der Waals surface area (Å²) in [6, 6.07) is 3.13. The number of sulfonamides is 1. The van der Waals surface area contributed by atoms with E-state index in [1.54, 1.807) is 10.4 Å². The van der Waals surface area contributed by atoms with Gasteiger partial charge < -0.3 is 5.73 Å². The first-order chi connectivity index (χ1) is 9.75. The molecule has 0 amide bonds. The molecule has 0 radical (unpaired) electrons. The molecule has 0 bridgehead atoms. The average Bonchev–Trinajstić information content (AvgIpc) is 2.37. The number of rotatable bonds is 8. The van der Waals surface area contributed by atoms with Crippen LogP contribution < -0.4 is 5.73 Å². The van der Waals surface area contributed by atoms with E-state index in [0.29, 0.717) is 24.9 Å². The predicted octanol–water partition coefficient (Wildman–Crippen LogP) is 2.75. The molecule has 0 atom stereocenters. The van der Waals surface area contributed by atoms with Gasteiger partial charge in [0.05, 0.1) is 0 Å². The van der Waals surface area contributed by atoms with Gasteiger partial charge in [0.2, 0.25) is 10.0 Å². The smallest absolute Gasteiger partial charge is 0.246 e. The van der Waals surface area contributed by atoms with Crippen LogP contribution in [-0.2, 0) is 10.0 Å². The van der Waals surface area contributed by atoms with Crippen LogP contribution in [0.2, 0.25) is 0 Å². The maximum Gasteiger partial charge on any atom is 0.246 e. The fourth-order valence-electron chi connectivity index (χ4n) is 1.92. The molecule has 120 valence electrons. The average molecular weight is 313 g/mol. The van der Waals surface area contributed by atoms with Crippen molar-refractivity contribution < 1.29 is 8.42 Å². The number of hydrogen-bond donors (Lipinski definition) is 1. The van der Waals surface area contributed by atoms with Crippen molar-refractivity contribution in [3.05, 3.63) is 18.3 Å². The highest BCUT2D eigenvalue weighted by Gasteiger charge is 2.26. The highest BCUT2D eigenvalue weighted by molar-refractivity contribution is 7.89. The van der Waals surface area contributed by atoms with Crippen molar-refractivity contribution in [1.82, 2.24) is 9.29 Å². The number of anilines is 1. The zero-order valence-electron chi connectivity index (χ0n) is 13.4. The van der Waals surface area contributed by atoms with E-state index in [2.05, 4.69) is 32.7 Å². The largest absolute Gasteiger partial charge is 0.383 e. The Morgan fingerprint density at radius 2 is 1.67 bits per heavy atom. The van der Waals surface area contributed by atoms with Gasteiger partial charge in [0.15, 0.2) is 0 Å². The van der Waals surface area contributed by atoms with E-state index in [4.69, 9.17) is 5.73 Å². The van der Waals surface area contributed by atoms with E-state index in [1.807, 2.05) is 0 Å². The van der Waals surface area contributed by atoms with Crippen LogP contribution >= 0.6 is 0 Å². The first-order valence-corrected chi connectivity index (χ1v) is 8.89. The highest BCUT2D eigenvalue weighted by Crippen LogP contribution is 2.22. The normalized spacial score (nSPS) is 12.5. The minimum Gasteiger partial charge on any atom is -0.383 e. The summed E-state index contributed by atoms with van der Waals surface area (Å²) in [6.45, 7) is 9.39. The molecule has 1 rings (SSSR count). The number of aromatic nitrogens is 1. The quantitative estimate of drug-likeness (QED) is 0.800. The van der Waals surface area contributed by atoms with Gasteiger partial charge in [0.1, 0.15) is 10.7 Å². The Balaban J connectivity index is 3.01. The molecule has 0 aliphatic carbocycles. The number of pyridine rings is 1. The van der Waals surface area contributed by atoms with Gasteiger partial charge in [-0.05, 0) is 36.8 Å². The summed E-state index contributed by atoms with van der Waals surface area (Å²) in [5.41, 5.74) is 5.74. The third-order valence-electron chi connectivity index (χ3n) is 3.33. The number of nitrogen functional groups attached to an aromatic ring is 1. The van der Waals surface area contributed by atoms with Crippen LogP contribution in [0.4, 0.5) is 5.82 Å². The molecule has 1 heterocycles. The van der Waals surface area contributed by atoms with Crippen LogP contribution in [0.5, 0.6) is 0 Å². The Hall–Kier alpha value is -1.14. The van der Waals surface area contributed by atoms with Gasteiger partial charge in [-0.3, -0.25) is 0 Å². The Bertz CT molecular complexity index is 530. The third-order valence-corrected chi connectivity index (χ3v) is 5.28. The summed E-state index contributed by atoms with van der Waals surface area (Å²) >= 11 is 0. The zero-order valence-corrected chi connectivity index (χ0v) is 14.2. The van der Waals surface area contributed by atoms with Crippen molar-refractivity contribution in [2.75, 3.05) is 18.8 Å². The second kappa shape index (κ2) is 7.75. The molecule has 0 aliphatic heterocycles. The fourth-order valence-corrected chi connectivity index (χ4v) is 3.45. The number of hydrogen-bond acceptors (Lipinski definition) is 4. The molecule has 1 aromatic rings. The lowest BCUT2D eigenvalue weighted by atomic mass is 10.1. The van der Waals surface area contributed by atoms with Crippen molar-refractivity contribution in [2.24, 2.45) is 11.8 Å². The third kappa shape index (κ3) is 5.28. The monoisotopic (exact) mass is 313 g/mol. The van der Waals surface area contributed by atoms with Crippen molar-refractivity contribution in [3.8, 4) is 0 Å². The second-order valence-electron chi connectivity index (χ2n) is 6.16. The lowest BCUT2D eigenvalue weighted by Gasteiger charge is -2.24. The van der Waals surface area contributed by atoms with E-state index in [9.17, 15) is 8.42 Å². The number of nitrogens with zero attached hydrogens (tertiary/aromatic N) is 2. The van der Waals surface area contributed by atoms with E-state index in [-0.39, 0.29) is 10.7 Å². The molecule has 2 N–H and O–H groups in total. The zero-order chi connectivity index (χ0) is 16.0. The summed E-state index contributed by atoms with van der Waals surface area (Å²) in [4.78, 5) is 4.00. The minimum absolute atomic E-state index is 0.0663. The molecule has 6 heteroatoms. The van der Waals surface area contributed by atoms with E-state index < -0.39 is 10.0 Å². The molecular formula is C15H27N3O2S. The van der Waals surface area contributed by atoms with E-state index in [1.165, 1.54) is 12.3 Å². The molecule has 0 aromatic carbocycles. The Labute approximate surface area is 128 Å². The number of nitrogens with two attached hydrogens (primary N) is 1. The van der Waals surface area contributed by atoms with Gasteiger partial charge in [-0.2, -0.15) is 4.31 Å². The van der Waals surface area contributed by atoms with Crippen LogP contribution in [0.25, 0.3) is 0 Å². The Kier molecular flexibility index (Phi) is 6.61. The van der Waals surface area contributed by atoms with Crippen LogP contribution in [0.3, 0.4) is 0 Å². The Morgan fingerprint density at radius 1 is 1.14 bits per heavy atom. The SMILES string of the molecule is CC(C)CCN(CCC(C)C)S(=O)(=O)c1cccnc1N. The molecular weight excluding hydrogens is 286 g/mol. The first-order valence-electron chi connectivity index (χ1n) is 7.45.